The summed E-state index contributed by atoms with van der Waals surface area (Å²) in [5, 5.41) is 10.9. The van der Waals surface area contributed by atoms with Crippen molar-refractivity contribution in [3.05, 3.63) is 53.8 Å². The molecule has 0 saturated carbocycles. The van der Waals surface area contributed by atoms with E-state index in [0.29, 0.717) is 21.9 Å². The van der Waals surface area contributed by atoms with Crippen LogP contribution in [-0.4, -0.2) is 16.1 Å². The second-order valence-corrected chi connectivity index (χ2v) is 4.73. The van der Waals surface area contributed by atoms with Crippen LogP contribution in [0, 0.1) is 5.82 Å². The van der Waals surface area contributed by atoms with Crippen LogP contribution in [0.3, 0.4) is 0 Å². The first kappa shape index (κ1) is 11.8. The zero-order chi connectivity index (χ0) is 14.6. The molecule has 0 unspecified atom stereocenters. The topological polar surface area (TPSA) is 63.3 Å². The summed E-state index contributed by atoms with van der Waals surface area (Å²) in [6.07, 6.45) is 0. The van der Waals surface area contributed by atoms with Crippen LogP contribution in [0.1, 0.15) is 10.4 Å². The first-order valence-electron chi connectivity index (χ1n) is 6.29. The number of aromatic carboxylic acids is 1. The first-order valence-corrected chi connectivity index (χ1v) is 6.29. The van der Waals surface area contributed by atoms with E-state index in [1.54, 1.807) is 24.3 Å². The van der Waals surface area contributed by atoms with Crippen molar-refractivity contribution in [1.82, 2.24) is 4.98 Å². The van der Waals surface area contributed by atoms with Gasteiger partial charge in [0.25, 0.3) is 0 Å². The van der Waals surface area contributed by atoms with Gasteiger partial charge in [0.15, 0.2) is 0 Å². The summed E-state index contributed by atoms with van der Waals surface area (Å²) in [6.45, 7) is 0. The van der Waals surface area contributed by atoms with Gasteiger partial charge in [-0.25, -0.2) is 14.2 Å². The number of aromatic nitrogens is 1. The summed E-state index contributed by atoms with van der Waals surface area (Å²) in [5.74, 6) is -1.64. The molecule has 1 N–H and O–H groups in total. The van der Waals surface area contributed by atoms with E-state index in [1.165, 1.54) is 18.2 Å². The van der Waals surface area contributed by atoms with E-state index in [9.17, 15) is 14.3 Å². The van der Waals surface area contributed by atoms with E-state index in [2.05, 4.69) is 4.98 Å². The normalized spacial score (nSPS) is 11.5. The van der Waals surface area contributed by atoms with Gasteiger partial charge in [0.05, 0.1) is 16.5 Å². The highest BCUT2D eigenvalue weighted by Crippen LogP contribution is 2.34. The number of furan rings is 1. The van der Waals surface area contributed by atoms with Gasteiger partial charge in [-0.05, 0) is 24.3 Å². The number of hydrogen-bond acceptors (Lipinski definition) is 3. The van der Waals surface area contributed by atoms with E-state index >= 15 is 0 Å². The van der Waals surface area contributed by atoms with Crippen LogP contribution in [0.5, 0.6) is 0 Å². The fourth-order valence-electron chi connectivity index (χ4n) is 2.63. The lowest BCUT2D eigenvalue weighted by molar-refractivity contribution is 0.0701. The maximum absolute atomic E-state index is 13.5. The standard InChI is InChI=1S/C16H8FNO3/c17-8-5-6-11-10(7-8)14(16(19)20)13-9-3-1-2-4-12(9)21-15(13)18-11/h1-7H,(H,19,20). The number of rotatable bonds is 1. The van der Waals surface area contributed by atoms with Crippen molar-refractivity contribution in [3.63, 3.8) is 0 Å². The minimum atomic E-state index is -1.13. The van der Waals surface area contributed by atoms with Crippen molar-refractivity contribution >= 4 is 38.9 Å². The number of benzene rings is 2. The molecule has 5 heteroatoms. The lowest BCUT2D eigenvalue weighted by Gasteiger charge is -2.03. The molecule has 4 nitrogen and oxygen atoms in total. The van der Waals surface area contributed by atoms with Crippen LogP contribution >= 0.6 is 0 Å². The number of para-hydroxylation sites is 1. The van der Waals surface area contributed by atoms with Crippen LogP contribution in [0.4, 0.5) is 4.39 Å². The number of nitrogens with zero attached hydrogens (tertiary/aromatic N) is 1. The van der Waals surface area contributed by atoms with Crippen molar-refractivity contribution in [2.45, 2.75) is 0 Å². The number of fused-ring (bicyclic) bond motifs is 4. The van der Waals surface area contributed by atoms with Gasteiger partial charge in [0.1, 0.15) is 11.4 Å². The second kappa shape index (κ2) is 4.02. The van der Waals surface area contributed by atoms with Gasteiger partial charge in [-0.1, -0.05) is 18.2 Å². The van der Waals surface area contributed by atoms with Gasteiger partial charge in [-0.15, -0.1) is 0 Å². The van der Waals surface area contributed by atoms with Crippen molar-refractivity contribution in [3.8, 4) is 0 Å². The molecule has 2 heterocycles. The molecule has 21 heavy (non-hydrogen) atoms. The Morgan fingerprint density at radius 2 is 1.95 bits per heavy atom. The average molecular weight is 281 g/mol. The predicted octanol–water partition coefficient (Wildman–Crippen LogP) is 3.97. The van der Waals surface area contributed by atoms with E-state index in [4.69, 9.17) is 4.42 Å². The summed E-state index contributed by atoms with van der Waals surface area (Å²) in [4.78, 5) is 16.0. The Morgan fingerprint density at radius 3 is 2.76 bits per heavy atom. The van der Waals surface area contributed by atoms with Crippen molar-refractivity contribution in [2.24, 2.45) is 0 Å². The average Bonchev–Trinajstić information content (AvgIpc) is 2.82. The third-order valence-corrected chi connectivity index (χ3v) is 3.49. The summed E-state index contributed by atoms with van der Waals surface area (Å²) in [6, 6.07) is 11.0. The van der Waals surface area contributed by atoms with Gasteiger partial charge in [-0.2, -0.15) is 0 Å². The van der Waals surface area contributed by atoms with Crippen molar-refractivity contribution < 1.29 is 18.7 Å². The lowest BCUT2D eigenvalue weighted by Crippen LogP contribution is -2.00. The molecular formula is C16H8FNO3. The molecule has 0 amide bonds. The van der Waals surface area contributed by atoms with E-state index < -0.39 is 11.8 Å². The van der Waals surface area contributed by atoms with Gasteiger partial charge >= 0.3 is 5.97 Å². The first-order chi connectivity index (χ1) is 10.1. The molecule has 0 aliphatic rings. The highest BCUT2D eigenvalue weighted by atomic mass is 19.1. The minimum Gasteiger partial charge on any atom is -0.478 e. The van der Waals surface area contributed by atoms with Crippen LogP contribution < -0.4 is 0 Å². The molecule has 0 bridgehead atoms. The SMILES string of the molecule is O=C(O)c1c2cc(F)ccc2nc2oc3ccccc3c12. The van der Waals surface area contributed by atoms with E-state index in [1.807, 2.05) is 0 Å². The van der Waals surface area contributed by atoms with Gasteiger partial charge < -0.3 is 9.52 Å². The lowest BCUT2D eigenvalue weighted by atomic mass is 10.0. The smallest absolute Gasteiger partial charge is 0.337 e. The molecule has 0 aliphatic carbocycles. The van der Waals surface area contributed by atoms with Crippen LogP contribution in [-0.2, 0) is 0 Å². The molecular weight excluding hydrogens is 273 g/mol. The Balaban J connectivity index is 2.34. The quantitative estimate of drug-likeness (QED) is 0.573. The van der Waals surface area contributed by atoms with E-state index in [0.717, 1.165) is 0 Å². The number of carboxylic acid groups (broad SMARTS) is 1. The molecule has 4 aromatic rings. The highest BCUT2D eigenvalue weighted by molar-refractivity contribution is 6.20. The summed E-state index contributed by atoms with van der Waals surface area (Å²) < 4.78 is 19.1. The molecule has 0 spiro atoms. The molecule has 0 saturated heterocycles. The van der Waals surface area contributed by atoms with Gasteiger partial charge in [0.2, 0.25) is 5.71 Å². The zero-order valence-corrected chi connectivity index (χ0v) is 10.6. The Labute approximate surface area is 117 Å². The maximum atomic E-state index is 13.5. The summed E-state index contributed by atoms with van der Waals surface area (Å²) in [7, 11) is 0. The molecule has 2 aromatic carbocycles. The van der Waals surface area contributed by atoms with E-state index in [-0.39, 0.29) is 16.7 Å². The number of hydrogen-bond donors (Lipinski definition) is 1. The molecule has 102 valence electrons. The predicted molar refractivity (Wildman–Crippen MR) is 75.9 cm³/mol. The van der Waals surface area contributed by atoms with Crippen LogP contribution in [0.15, 0.2) is 46.9 Å². The van der Waals surface area contributed by atoms with Gasteiger partial charge in [0, 0.05) is 10.8 Å². The van der Waals surface area contributed by atoms with Crippen molar-refractivity contribution in [1.29, 1.82) is 0 Å². The highest BCUT2D eigenvalue weighted by Gasteiger charge is 2.20. The molecule has 0 atom stereocenters. The Morgan fingerprint density at radius 1 is 1.14 bits per heavy atom. The second-order valence-electron chi connectivity index (χ2n) is 4.73. The number of pyridine rings is 1. The van der Waals surface area contributed by atoms with Gasteiger partial charge in [-0.3, -0.25) is 0 Å². The molecule has 4 rings (SSSR count). The number of carbonyl (C=O) groups is 1. The number of carboxylic acids is 1. The van der Waals surface area contributed by atoms with Crippen LogP contribution in [0.2, 0.25) is 0 Å². The Bertz CT molecular complexity index is 1040. The third-order valence-electron chi connectivity index (χ3n) is 3.49. The molecule has 0 radical (unpaired) electrons. The fourth-order valence-corrected chi connectivity index (χ4v) is 2.63. The Hall–Kier alpha value is -2.95. The van der Waals surface area contributed by atoms with Crippen molar-refractivity contribution in [2.75, 3.05) is 0 Å². The number of halogens is 1. The molecule has 2 aromatic heterocycles. The zero-order valence-electron chi connectivity index (χ0n) is 10.6. The summed E-state index contributed by atoms with van der Waals surface area (Å²) in [5.41, 5.74) is 1.20. The molecule has 0 aliphatic heterocycles. The maximum Gasteiger partial charge on any atom is 0.337 e. The minimum absolute atomic E-state index is 0.0134. The summed E-state index contributed by atoms with van der Waals surface area (Å²) >= 11 is 0. The molecule has 0 fully saturated rings. The third kappa shape index (κ3) is 1.61. The van der Waals surface area contributed by atoms with Crippen LogP contribution in [0.25, 0.3) is 33.0 Å². The monoisotopic (exact) mass is 281 g/mol. The fraction of sp³-hybridized carbons (Fsp3) is 0. The Kier molecular flexibility index (Phi) is 2.27. The largest absolute Gasteiger partial charge is 0.478 e.